The van der Waals surface area contributed by atoms with Gasteiger partial charge in [-0.1, -0.05) is 30.7 Å². The van der Waals surface area contributed by atoms with Gasteiger partial charge in [-0.3, -0.25) is 0 Å². The minimum Gasteiger partial charge on any atom is -0.470 e. The van der Waals surface area contributed by atoms with Crippen LogP contribution in [0.3, 0.4) is 0 Å². The van der Waals surface area contributed by atoms with Crippen molar-refractivity contribution in [2.24, 2.45) is 0 Å². The van der Waals surface area contributed by atoms with Gasteiger partial charge in [0.25, 0.3) is 5.88 Å². The van der Waals surface area contributed by atoms with Crippen molar-refractivity contribution >= 4 is 29.1 Å². The number of aromatic nitrogens is 2. The molecular formula is C16H20ClN3OS. The first-order chi connectivity index (χ1) is 10.8. The third-order valence-electron chi connectivity index (χ3n) is 4.10. The van der Waals surface area contributed by atoms with Crippen LogP contribution in [0, 0.1) is 0 Å². The molecule has 1 aromatic carbocycles. The number of rotatable bonds is 5. The van der Waals surface area contributed by atoms with Crippen molar-refractivity contribution < 1.29 is 4.74 Å². The molecule has 2 heterocycles. The topological polar surface area (TPSA) is 38.2 Å². The smallest absolute Gasteiger partial charge is 0.271 e. The molecule has 1 aliphatic heterocycles. The largest absolute Gasteiger partial charge is 0.470 e. The van der Waals surface area contributed by atoms with E-state index in [0.29, 0.717) is 18.5 Å². The highest BCUT2D eigenvalue weighted by Crippen LogP contribution is 2.32. The number of ether oxygens (including phenoxy) is 1. The lowest BCUT2D eigenvalue weighted by Gasteiger charge is -2.35. The van der Waals surface area contributed by atoms with Gasteiger partial charge in [0.05, 0.1) is 11.7 Å². The number of halogens is 1. The third kappa shape index (κ3) is 3.52. The van der Waals surface area contributed by atoms with Crippen molar-refractivity contribution in [1.82, 2.24) is 8.75 Å². The van der Waals surface area contributed by atoms with Gasteiger partial charge in [-0.05, 0) is 43.4 Å². The highest BCUT2D eigenvalue weighted by atomic mass is 35.5. The van der Waals surface area contributed by atoms with Crippen molar-refractivity contribution in [3.8, 4) is 5.88 Å². The van der Waals surface area contributed by atoms with Crippen LogP contribution in [0.2, 0.25) is 5.02 Å². The highest BCUT2D eigenvalue weighted by Gasteiger charge is 2.26. The van der Waals surface area contributed by atoms with E-state index in [9.17, 15) is 0 Å². The zero-order valence-electron chi connectivity index (χ0n) is 12.7. The molecule has 1 fully saturated rings. The zero-order chi connectivity index (χ0) is 15.4. The molecule has 22 heavy (non-hydrogen) atoms. The van der Waals surface area contributed by atoms with E-state index in [2.05, 4.69) is 20.6 Å². The molecule has 3 rings (SSSR count). The number of piperidine rings is 1. The average molecular weight is 338 g/mol. The molecule has 0 saturated carbocycles. The van der Waals surface area contributed by atoms with Gasteiger partial charge in [0.15, 0.2) is 0 Å². The maximum Gasteiger partial charge on any atom is 0.271 e. The van der Waals surface area contributed by atoms with Crippen LogP contribution in [0.5, 0.6) is 5.88 Å². The second kappa shape index (κ2) is 7.29. The van der Waals surface area contributed by atoms with Crippen LogP contribution in [0.4, 0.5) is 5.82 Å². The summed E-state index contributed by atoms with van der Waals surface area (Å²) in [5.74, 6) is 1.56. The van der Waals surface area contributed by atoms with Gasteiger partial charge in [-0.25, -0.2) is 0 Å². The van der Waals surface area contributed by atoms with Crippen molar-refractivity contribution in [2.75, 3.05) is 11.4 Å². The molecule has 1 aromatic heterocycles. The minimum atomic E-state index is 0.486. The molecule has 4 nitrogen and oxygen atoms in total. The summed E-state index contributed by atoms with van der Waals surface area (Å²) in [6.45, 7) is 3.76. The zero-order valence-corrected chi connectivity index (χ0v) is 14.2. The quantitative estimate of drug-likeness (QED) is 0.802. The molecular weight excluding hydrogens is 318 g/mol. The Morgan fingerprint density at radius 1 is 1.27 bits per heavy atom. The number of benzene rings is 1. The van der Waals surface area contributed by atoms with Crippen LogP contribution in [0.15, 0.2) is 24.3 Å². The highest BCUT2D eigenvalue weighted by molar-refractivity contribution is 6.99. The number of anilines is 1. The lowest BCUT2D eigenvalue weighted by molar-refractivity contribution is 0.294. The summed E-state index contributed by atoms with van der Waals surface area (Å²) in [5.41, 5.74) is 1.08. The molecule has 0 bridgehead atoms. The van der Waals surface area contributed by atoms with Crippen molar-refractivity contribution in [3.05, 3.63) is 34.9 Å². The molecule has 0 amide bonds. The van der Waals surface area contributed by atoms with Gasteiger partial charge in [0.1, 0.15) is 6.61 Å². The van der Waals surface area contributed by atoms with Crippen LogP contribution in [0.25, 0.3) is 0 Å². The Hall–Kier alpha value is -1.33. The predicted molar refractivity (Wildman–Crippen MR) is 91.0 cm³/mol. The Morgan fingerprint density at radius 2 is 2.09 bits per heavy atom. The molecule has 1 atom stereocenters. The average Bonchev–Trinajstić information content (AvgIpc) is 3.02. The first-order valence-corrected chi connectivity index (χ1v) is 8.85. The van der Waals surface area contributed by atoms with Gasteiger partial charge in [0.2, 0.25) is 5.82 Å². The van der Waals surface area contributed by atoms with E-state index in [1.807, 2.05) is 24.3 Å². The molecule has 118 valence electrons. The van der Waals surface area contributed by atoms with E-state index in [1.54, 1.807) is 0 Å². The van der Waals surface area contributed by atoms with Crippen molar-refractivity contribution in [2.45, 2.75) is 45.3 Å². The standard InChI is InChI=1S/C16H20ClN3OS/c1-2-14-5-3-4-10-20(14)15-16(19-22-18-15)21-11-12-6-8-13(17)9-7-12/h6-9,14H,2-5,10-11H2,1H3. The van der Waals surface area contributed by atoms with E-state index < -0.39 is 0 Å². The summed E-state index contributed by atoms with van der Waals surface area (Å²) < 4.78 is 14.7. The fourth-order valence-corrected chi connectivity index (χ4v) is 3.51. The van der Waals surface area contributed by atoms with Crippen LogP contribution in [0.1, 0.15) is 38.2 Å². The molecule has 1 aliphatic rings. The van der Waals surface area contributed by atoms with E-state index in [0.717, 1.165) is 29.4 Å². The van der Waals surface area contributed by atoms with Crippen molar-refractivity contribution in [1.29, 1.82) is 0 Å². The van der Waals surface area contributed by atoms with Crippen LogP contribution < -0.4 is 9.64 Å². The van der Waals surface area contributed by atoms with E-state index in [4.69, 9.17) is 16.3 Å². The molecule has 0 aliphatic carbocycles. The van der Waals surface area contributed by atoms with E-state index >= 15 is 0 Å². The maximum absolute atomic E-state index is 5.90. The fraction of sp³-hybridized carbons (Fsp3) is 0.500. The Labute approximate surface area is 140 Å². The monoisotopic (exact) mass is 337 g/mol. The van der Waals surface area contributed by atoms with Crippen LogP contribution >= 0.6 is 23.3 Å². The summed E-state index contributed by atoms with van der Waals surface area (Å²) in [4.78, 5) is 2.37. The third-order valence-corrected chi connectivity index (χ3v) is 4.86. The Kier molecular flexibility index (Phi) is 5.16. The molecule has 1 saturated heterocycles. The first-order valence-electron chi connectivity index (χ1n) is 7.74. The molecule has 0 radical (unpaired) electrons. The Bertz CT molecular complexity index is 602. The summed E-state index contributed by atoms with van der Waals surface area (Å²) >= 11 is 7.12. The minimum absolute atomic E-state index is 0.486. The lowest BCUT2D eigenvalue weighted by Crippen LogP contribution is -2.39. The Morgan fingerprint density at radius 3 is 2.86 bits per heavy atom. The normalized spacial score (nSPS) is 18.5. The first kappa shape index (κ1) is 15.6. The second-order valence-electron chi connectivity index (χ2n) is 5.56. The SMILES string of the molecule is CCC1CCCCN1c1nsnc1OCc1ccc(Cl)cc1. The maximum atomic E-state index is 5.90. The Balaban J connectivity index is 1.70. The fourth-order valence-electron chi connectivity index (χ4n) is 2.88. The number of hydrogen-bond donors (Lipinski definition) is 0. The number of hydrogen-bond acceptors (Lipinski definition) is 5. The van der Waals surface area contributed by atoms with Gasteiger partial charge >= 0.3 is 0 Å². The van der Waals surface area contributed by atoms with E-state index in [-0.39, 0.29) is 0 Å². The van der Waals surface area contributed by atoms with Crippen LogP contribution in [-0.2, 0) is 6.61 Å². The van der Waals surface area contributed by atoms with Crippen molar-refractivity contribution in [3.63, 3.8) is 0 Å². The lowest BCUT2D eigenvalue weighted by atomic mass is 10.0. The molecule has 2 aromatic rings. The summed E-state index contributed by atoms with van der Waals surface area (Å²) in [5, 5.41) is 0.735. The second-order valence-corrected chi connectivity index (χ2v) is 6.52. The van der Waals surface area contributed by atoms with E-state index in [1.165, 1.54) is 31.0 Å². The molecule has 0 N–H and O–H groups in total. The molecule has 1 unspecified atom stereocenters. The summed E-state index contributed by atoms with van der Waals surface area (Å²) in [7, 11) is 0. The predicted octanol–water partition coefficient (Wildman–Crippen LogP) is 4.54. The van der Waals surface area contributed by atoms with Crippen LogP contribution in [-0.4, -0.2) is 21.3 Å². The molecule has 6 heteroatoms. The van der Waals surface area contributed by atoms with Gasteiger partial charge in [-0.2, -0.15) is 4.37 Å². The molecule has 0 spiro atoms. The van der Waals surface area contributed by atoms with Gasteiger partial charge in [0, 0.05) is 17.6 Å². The van der Waals surface area contributed by atoms with Gasteiger partial charge < -0.3 is 9.64 Å². The number of nitrogens with zero attached hydrogens (tertiary/aromatic N) is 3. The van der Waals surface area contributed by atoms with Gasteiger partial charge in [-0.15, -0.1) is 4.37 Å². The summed E-state index contributed by atoms with van der Waals surface area (Å²) in [6.07, 6.45) is 4.87. The summed E-state index contributed by atoms with van der Waals surface area (Å²) in [6, 6.07) is 8.24.